The monoisotopic (exact) mass is 414 g/mol. The molecule has 1 fully saturated rings. The van der Waals surface area contributed by atoms with Gasteiger partial charge in [0.15, 0.2) is 0 Å². The number of fused-ring (bicyclic) bond motifs is 1. The van der Waals surface area contributed by atoms with Crippen LogP contribution in [0.1, 0.15) is 11.1 Å². The Bertz CT molecular complexity index is 1060. The van der Waals surface area contributed by atoms with Gasteiger partial charge in [0.2, 0.25) is 0 Å². The maximum atomic E-state index is 4.54. The SMILES string of the molecule is CN1CCN(c2ccc(NC=C3CN=Cc4ccc(-c5ccsc5)cc43)cc2)CC1. The average Bonchev–Trinajstić information content (AvgIpc) is 3.33. The molecule has 3 aromatic rings. The second kappa shape index (κ2) is 8.46. The summed E-state index contributed by atoms with van der Waals surface area (Å²) in [4.78, 5) is 9.38. The van der Waals surface area contributed by atoms with Gasteiger partial charge >= 0.3 is 0 Å². The van der Waals surface area contributed by atoms with Crippen LogP contribution >= 0.6 is 11.3 Å². The lowest BCUT2D eigenvalue weighted by Gasteiger charge is -2.34. The van der Waals surface area contributed by atoms with E-state index in [0.717, 1.165) is 31.9 Å². The molecular weight excluding hydrogens is 388 g/mol. The number of piperazine rings is 1. The number of nitrogens with zero attached hydrogens (tertiary/aromatic N) is 3. The summed E-state index contributed by atoms with van der Waals surface area (Å²) in [6.07, 6.45) is 4.09. The van der Waals surface area contributed by atoms with Crippen molar-refractivity contribution in [3.63, 3.8) is 0 Å². The zero-order valence-electron chi connectivity index (χ0n) is 17.2. The predicted molar refractivity (Wildman–Crippen MR) is 130 cm³/mol. The van der Waals surface area contributed by atoms with Gasteiger partial charge in [0.25, 0.3) is 0 Å². The Labute approximate surface area is 182 Å². The molecule has 1 N–H and O–H groups in total. The summed E-state index contributed by atoms with van der Waals surface area (Å²) in [5, 5.41) is 7.81. The van der Waals surface area contributed by atoms with Crippen LogP contribution in [-0.4, -0.2) is 50.9 Å². The van der Waals surface area contributed by atoms with Crippen molar-refractivity contribution in [3.8, 4) is 11.1 Å². The third kappa shape index (κ3) is 4.04. The fraction of sp³-hybridized carbons (Fsp3) is 0.240. The number of hydrogen-bond donors (Lipinski definition) is 1. The Balaban J connectivity index is 1.33. The third-order valence-corrected chi connectivity index (χ3v) is 6.58. The van der Waals surface area contributed by atoms with Crippen LogP contribution < -0.4 is 10.2 Å². The molecule has 0 saturated carbocycles. The lowest BCUT2D eigenvalue weighted by atomic mass is 9.94. The molecule has 2 aliphatic heterocycles. The molecule has 2 aliphatic rings. The van der Waals surface area contributed by atoms with Crippen LogP contribution in [0.25, 0.3) is 16.7 Å². The summed E-state index contributed by atoms with van der Waals surface area (Å²) in [6, 6.07) is 17.6. The van der Waals surface area contributed by atoms with Crippen LogP contribution in [0, 0.1) is 0 Å². The first-order valence-electron chi connectivity index (χ1n) is 10.4. The Morgan fingerprint density at radius 1 is 0.967 bits per heavy atom. The van der Waals surface area contributed by atoms with Crippen molar-refractivity contribution in [1.82, 2.24) is 4.90 Å². The highest BCUT2D eigenvalue weighted by molar-refractivity contribution is 7.08. The summed E-state index contributed by atoms with van der Waals surface area (Å²) in [7, 11) is 2.19. The van der Waals surface area contributed by atoms with Crippen LogP contribution in [0.4, 0.5) is 11.4 Å². The fourth-order valence-electron chi connectivity index (χ4n) is 4.01. The fourth-order valence-corrected chi connectivity index (χ4v) is 4.67. The van der Waals surface area contributed by atoms with Crippen LogP contribution in [-0.2, 0) is 0 Å². The van der Waals surface area contributed by atoms with Gasteiger partial charge in [-0.05, 0) is 82.0 Å². The Morgan fingerprint density at radius 2 is 1.80 bits per heavy atom. The summed E-state index contributed by atoms with van der Waals surface area (Å²) in [6.45, 7) is 5.13. The van der Waals surface area contributed by atoms with Gasteiger partial charge in [-0.3, -0.25) is 4.99 Å². The molecule has 0 atom stereocenters. The molecule has 0 bridgehead atoms. The minimum absolute atomic E-state index is 0.701. The molecule has 2 aromatic carbocycles. The quantitative estimate of drug-likeness (QED) is 0.648. The van der Waals surface area contributed by atoms with E-state index in [9.17, 15) is 0 Å². The van der Waals surface area contributed by atoms with Crippen molar-refractivity contribution in [3.05, 3.63) is 76.6 Å². The molecule has 0 spiro atoms. The van der Waals surface area contributed by atoms with Crippen molar-refractivity contribution < 1.29 is 0 Å². The number of aliphatic imine (C=N–C) groups is 1. The maximum absolute atomic E-state index is 4.54. The second-order valence-electron chi connectivity index (χ2n) is 7.93. The van der Waals surface area contributed by atoms with E-state index in [0.29, 0.717) is 6.54 Å². The van der Waals surface area contributed by atoms with E-state index in [4.69, 9.17) is 0 Å². The van der Waals surface area contributed by atoms with E-state index >= 15 is 0 Å². The number of anilines is 2. The molecule has 5 rings (SSSR count). The van der Waals surface area contributed by atoms with Crippen LogP contribution in [0.15, 0.2) is 70.5 Å². The molecule has 152 valence electrons. The summed E-state index contributed by atoms with van der Waals surface area (Å²) in [5.41, 5.74) is 8.59. The van der Waals surface area contributed by atoms with E-state index < -0.39 is 0 Å². The van der Waals surface area contributed by atoms with Crippen molar-refractivity contribution in [2.45, 2.75) is 0 Å². The largest absolute Gasteiger partial charge is 0.369 e. The van der Waals surface area contributed by atoms with Crippen LogP contribution in [0.5, 0.6) is 0 Å². The van der Waals surface area contributed by atoms with Gasteiger partial charge in [-0.1, -0.05) is 12.1 Å². The van der Waals surface area contributed by atoms with Gasteiger partial charge in [0.1, 0.15) is 0 Å². The minimum Gasteiger partial charge on any atom is -0.369 e. The number of thiophene rings is 1. The number of benzene rings is 2. The minimum atomic E-state index is 0.701. The summed E-state index contributed by atoms with van der Waals surface area (Å²) >= 11 is 1.73. The number of rotatable bonds is 4. The van der Waals surface area contributed by atoms with Gasteiger partial charge in [-0.15, -0.1) is 0 Å². The first kappa shape index (κ1) is 19.1. The van der Waals surface area contributed by atoms with E-state index in [1.807, 2.05) is 6.21 Å². The molecule has 0 aliphatic carbocycles. The van der Waals surface area contributed by atoms with Crippen molar-refractivity contribution in [2.24, 2.45) is 4.99 Å². The van der Waals surface area contributed by atoms with E-state index in [2.05, 4.69) is 92.6 Å². The molecule has 1 aromatic heterocycles. The van der Waals surface area contributed by atoms with Gasteiger partial charge in [0.05, 0.1) is 6.54 Å². The first-order valence-corrected chi connectivity index (χ1v) is 11.4. The number of likely N-dealkylation sites (N-methyl/N-ethyl adjacent to an activating group) is 1. The zero-order chi connectivity index (χ0) is 20.3. The Hall–Kier alpha value is -2.89. The molecule has 3 heterocycles. The Morgan fingerprint density at radius 3 is 2.57 bits per heavy atom. The lowest BCUT2D eigenvalue weighted by molar-refractivity contribution is 0.313. The van der Waals surface area contributed by atoms with Crippen molar-refractivity contribution >= 4 is 34.5 Å². The lowest BCUT2D eigenvalue weighted by Crippen LogP contribution is -2.44. The van der Waals surface area contributed by atoms with Gasteiger partial charge < -0.3 is 15.1 Å². The van der Waals surface area contributed by atoms with E-state index in [1.54, 1.807) is 11.3 Å². The molecule has 30 heavy (non-hydrogen) atoms. The molecule has 1 saturated heterocycles. The highest BCUT2D eigenvalue weighted by Gasteiger charge is 2.15. The molecule has 4 nitrogen and oxygen atoms in total. The van der Waals surface area contributed by atoms with Gasteiger partial charge in [-0.2, -0.15) is 11.3 Å². The second-order valence-corrected chi connectivity index (χ2v) is 8.71. The standard InChI is InChI=1S/C25H26N4S/c1-28-9-11-29(12-10-28)24-6-4-23(5-7-24)27-17-22-16-26-15-20-3-2-19(14-25(20)22)21-8-13-30-18-21/h2-8,13-15,17-18,27H,9-12,16H2,1H3. The van der Waals surface area contributed by atoms with Crippen molar-refractivity contribution in [1.29, 1.82) is 0 Å². The number of nitrogens with one attached hydrogen (secondary N) is 1. The number of hydrogen-bond acceptors (Lipinski definition) is 5. The molecule has 0 amide bonds. The average molecular weight is 415 g/mol. The maximum Gasteiger partial charge on any atom is 0.0660 e. The normalized spacial score (nSPS) is 17.9. The van der Waals surface area contributed by atoms with Gasteiger partial charge in [-0.25, -0.2) is 0 Å². The van der Waals surface area contributed by atoms with Crippen LogP contribution in [0.2, 0.25) is 0 Å². The van der Waals surface area contributed by atoms with Crippen LogP contribution in [0.3, 0.4) is 0 Å². The van der Waals surface area contributed by atoms with E-state index in [1.165, 1.54) is 33.5 Å². The Kier molecular flexibility index (Phi) is 5.39. The highest BCUT2D eigenvalue weighted by atomic mass is 32.1. The molecular formula is C25H26N4S. The first-order chi connectivity index (χ1) is 14.8. The summed E-state index contributed by atoms with van der Waals surface area (Å²) < 4.78 is 0. The van der Waals surface area contributed by atoms with Crippen molar-refractivity contribution in [2.75, 3.05) is 50.0 Å². The molecule has 0 unspecified atom stereocenters. The smallest absolute Gasteiger partial charge is 0.0660 e. The zero-order valence-corrected chi connectivity index (χ0v) is 18.0. The van der Waals surface area contributed by atoms with Gasteiger partial charge in [0, 0.05) is 50.0 Å². The third-order valence-electron chi connectivity index (χ3n) is 5.89. The molecule has 5 heteroatoms. The predicted octanol–water partition coefficient (Wildman–Crippen LogP) is 5.05. The van der Waals surface area contributed by atoms with E-state index in [-0.39, 0.29) is 0 Å². The summed E-state index contributed by atoms with van der Waals surface area (Å²) in [5.74, 6) is 0. The molecule has 0 radical (unpaired) electrons. The topological polar surface area (TPSA) is 30.9 Å². The highest BCUT2D eigenvalue weighted by Crippen LogP contribution is 2.30.